The van der Waals surface area contributed by atoms with Crippen LogP contribution in [-0.2, 0) is 23.2 Å². The van der Waals surface area contributed by atoms with E-state index in [1.807, 2.05) is 37.3 Å². The van der Waals surface area contributed by atoms with Gasteiger partial charge >= 0.3 is 5.63 Å². The Bertz CT molecular complexity index is 1600. The molecule has 8 nitrogen and oxygen atoms in total. The number of nitrogens with zero attached hydrogens (tertiary/aromatic N) is 3. The maximum Gasteiger partial charge on any atom is 0.339 e. The number of furan rings is 1. The first kappa shape index (κ1) is 23.5. The topological polar surface area (TPSA) is 103 Å². The molecule has 5 rings (SSSR count). The average molecular weight is 485 g/mol. The van der Waals surface area contributed by atoms with Gasteiger partial charge in [0.2, 0.25) is 5.91 Å². The highest BCUT2D eigenvalue weighted by Crippen LogP contribution is 2.35. The van der Waals surface area contributed by atoms with Crippen LogP contribution < -0.4 is 10.9 Å². The number of rotatable bonds is 6. The van der Waals surface area contributed by atoms with Gasteiger partial charge in [-0.25, -0.2) is 14.5 Å². The molecule has 0 aliphatic heterocycles. The van der Waals surface area contributed by atoms with Crippen molar-refractivity contribution >= 4 is 33.5 Å². The van der Waals surface area contributed by atoms with Crippen LogP contribution in [0, 0.1) is 6.92 Å². The van der Waals surface area contributed by atoms with Crippen LogP contribution in [0.15, 0.2) is 68.9 Å². The third-order valence-electron chi connectivity index (χ3n) is 6.44. The zero-order chi connectivity index (χ0) is 25.4. The Hall–Kier alpha value is -4.20. The quantitative estimate of drug-likeness (QED) is 0.326. The fourth-order valence-electron chi connectivity index (χ4n) is 4.44. The predicted octanol–water partition coefficient (Wildman–Crippen LogP) is 5.36. The number of benzene rings is 2. The molecule has 1 amide bonds. The Labute approximate surface area is 207 Å². The van der Waals surface area contributed by atoms with E-state index in [-0.39, 0.29) is 24.2 Å². The molecule has 0 radical (unpaired) electrons. The van der Waals surface area contributed by atoms with E-state index in [1.165, 1.54) is 6.33 Å². The normalized spacial score (nSPS) is 11.9. The fraction of sp³-hybridized carbons (Fsp3) is 0.286. The molecular weight excluding hydrogens is 456 g/mol. The molecule has 0 aliphatic rings. The second-order valence-electron chi connectivity index (χ2n) is 10.1. The van der Waals surface area contributed by atoms with Gasteiger partial charge in [0, 0.05) is 40.1 Å². The van der Waals surface area contributed by atoms with E-state index in [4.69, 9.17) is 8.83 Å². The Kier molecular flexibility index (Phi) is 5.96. The first-order valence-corrected chi connectivity index (χ1v) is 11.9. The van der Waals surface area contributed by atoms with Gasteiger partial charge in [0.25, 0.3) is 0 Å². The maximum absolute atomic E-state index is 12.8. The Morgan fingerprint density at radius 3 is 2.56 bits per heavy atom. The molecule has 1 N–H and O–H groups in total. The van der Waals surface area contributed by atoms with Crippen LogP contribution in [-0.4, -0.2) is 20.7 Å². The molecule has 0 atom stereocenters. The lowest BCUT2D eigenvalue weighted by atomic mass is 9.86. The van der Waals surface area contributed by atoms with Crippen molar-refractivity contribution in [1.82, 2.24) is 14.8 Å². The van der Waals surface area contributed by atoms with E-state index in [2.05, 4.69) is 36.2 Å². The fourth-order valence-corrected chi connectivity index (χ4v) is 4.44. The molecule has 0 aliphatic carbocycles. The lowest BCUT2D eigenvalue weighted by Crippen LogP contribution is -2.16. The third kappa shape index (κ3) is 4.66. The number of hydrogen-bond donors (Lipinski definition) is 1. The van der Waals surface area contributed by atoms with Crippen molar-refractivity contribution < 1.29 is 13.6 Å². The summed E-state index contributed by atoms with van der Waals surface area (Å²) in [6.07, 6.45) is 5.37. The number of nitrogens with one attached hydrogen (secondary N) is 1. The van der Waals surface area contributed by atoms with Crippen molar-refractivity contribution in [3.8, 4) is 0 Å². The lowest BCUT2D eigenvalue weighted by Gasteiger charge is -2.16. The number of carbonyl (C=O) groups is 1. The monoisotopic (exact) mass is 484 g/mol. The number of carbonyl (C=O) groups excluding carboxylic acids is 1. The molecule has 0 fully saturated rings. The standard InChI is InChI=1S/C28H28N4O4/c1-17-20(9-10-26(33)31-19-7-5-18(6-8-19)13-32-16-29-15-30-32)27(34)36-25-12-24-22(11-21(17)25)23(14-35-24)28(2,3)4/h5-8,11-12,14-16H,9-10,13H2,1-4H3,(H,31,33). The van der Waals surface area contributed by atoms with E-state index in [9.17, 15) is 9.59 Å². The zero-order valence-electron chi connectivity index (χ0n) is 20.8. The minimum absolute atomic E-state index is 0.0854. The summed E-state index contributed by atoms with van der Waals surface area (Å²) in [4.78, 5) is 29.3. The lowest BCUT2D eigenvalue weighted by molar-refractivity contribution is -0.116. The first-order chi connectivity index (χ1) is 17.2. The Morgan fingerprint density at radius 1 is 1.08 bits per heavy atom. The van der Waals surface area contributed by atoms with Gasteiger partial charge in [-0.05, 0) is 48.1 Å². The van der Waals surface area contributed by atoms with Gasteiger partial charge in [0.05, 0.1) is 12.8 Å². The molecule has 3 heterocycles. The van der Waals surface area contributed by atoms with Gasteiger partial charge in [-0.3, -0.25) is 4.79 Å². The number of fused-ring (bicyclic) bond motifs is 2. The smallest absolute Gasteiger partial charge is 0.339 e. The molecule has 0 saturated heterocycles. The summed E-state index contributed by atoms with van der Waals surface area (Å²) in [5.41, 5.74) is 4.85. The molecule has 3 aromatic heterocycles. The highest BCUT2D eigenvalue weighted by atomic mass is 16.4. The summed E-state index contributed by atoms with van der Waals surface area (Å²) in [7, 11) is 0. The maximum atomic E-state index is 12.8. The summed E-state index contributed by atoms with van der Waals surface area (Å²) in [5, 5.41) is 8.85. The number of aryl methyl sites for hydroxylation is 1. The molecule has 0 bridgehead atoms. The molecule has 8 heteroatoms. The predicted molar refractivity (Wildman–Crippen MR) is 138 cm³/mol. The summed E-state index contributed by atoms with van der Waals surface area (Å²) in [6.45, 7) is 8.91. The van der Waals surface area contributed by atoms with Crippen LogP contribution in [0.1, 0.15) is 49.4 Å². The number of aromatic nitrogens is 3. The van der Waals surface area contributed by atoms with Gasteiger partial charge in [0.15, 0.2) is 0 Å². The summed E-state index contributed by atoms with van der Waals surface area (Å²) in [6, 6.07) is 11.4. The number of anilines is 1. The van der Waals surface area contributed by atoms with E-state index in [0.29, 0.717) is 29.0 Å². The molecule has 184 valence electrons. The minimum atomic E-state index is -0.424. The molecular formula is C28H28N4O4. The molecule has 0 spiro atoms. The SMILES string of the molecule is Cc1c(CCC(=O)Nc2ccc(Cn3cncn3)cc2)c(=O)oc2cc3occ(C(C)(C)C)c3cc12. The van der Waals surface area contributed by atoms with Gasteiger partial charge in [0.1, 0.15) is 23.8 Å². The van der Waals surface area contributed by atoms with Gasteiger partial charge in [-0.2, -0.15) is 5.10 Å². The average Bonchev–Trinajstić information content (AvgIpc) is 3.48. The van der Waals surface area contributed by atoms with Crippen molar-refractivity contribution in [2.24, 2.45) is 0 Å². The highest BCUT2D eigenvalue weighted by Gasteiger charge is 2.22. The highest BCUT2D eigenvalue weighted by molar-refractivity contribution is 5.97. The van der Waals surface area contributed by atoms with Crippen molar-refractivity contribution in [1.29, 1.82) is 0 Å². The van der Waals surface area contributed by atoms with Crippen molar-refractivity contribution in [2.45, 2.75) is 52.5 Å². The van der Waals surface area contributed by atoms with Crippen LogP contribution in [0.2, 0.25) is 0 Å². The Balaban J connectivity index is 1.32. The molecule has 2 aromatic carbocycles. The van der Waals surface area contributed by atoms with Gasteiger partial charge < -0.3 is 14.2 Å². The van der Waals surface area contributed by atoms with Crippen molar-refractivity contribution in [2.75, 3.05) is 5.32 Å². The van der Waals surface area contributed by atoms with Gasteiger partial charge in [-0.15, -0.1) is 0 Å². The summed E-state index contributed by atoms with van der Waals surface area (Å²) < 4.78 is 13.1. The third-order valence-corrected chi connectivity index (χ3v) is 6.44. The van der Waals surface area contributed by atoms with Crippen molar-refractivity contribution in [3.63, 3.8) is 0 Å². The first-order valence-electron chi connectivity index (χ1n) is 11.9. The summed E-state index contributed by atoms with van der Waals surface area (Å²) >= 11 is 0. The van der Waals surface area contributed by atoms with E-state index >= 15 is 0 Å². The van der Waals surface area contributed by atoms with Crippen LogP contribution in [0.5, 0.6) is 0 Å². The second-order valence-corrected chi connectivity index (χ2v) is 10.1. The van der Waals surface area contributed by atoms with E-state index < -0.39 is 5.63 Å². The van der Waals surface area contributed by atoms with E-state index in [1.54, 1.807) is 23.3 Å². The van der Waals surface area contributed by atoms with Crippen LogP contribution >= 0.6 is 0 Å². The largest absolute Gasteiger partial charge is 0.464 e. The molecule has 36 heavy (non-hydrogen) atoms. The van der Waals surface area contributed by atoms with Crippen LogP contribution in [0.4, 0.5) is 5.69 Å². The zero-order valence-corrected chi connectivity index (χ0v) is 20.8. The number of hydrogen-bond acceptors (Lipinski definition) is 6. The van der Waals surface area contributed by atoms with E-state index in [0.717, 1.165) is 27.5 Å². The van der Waals surface area contributed by atoms with Crippen LogP contribution in [0.3, 0.4) is 0 Å². The molecule has 5 aromatic rings. The molecule has 0 saturated carbocycles. The number of amides is 1. The minimum Gasteiger partial charge on any atom is -0.464 e. The molecule has 0 unspecified atom stereocenters. The van der Waals surface area contributed by atoms with Crippen molar-refractivity contribution in [3.05, 3.63) is 88.0 Å². The summed E-state index contributed by atoms with van der Waals surface area (Å²) in [5.74, 6) is -0.168. The Morgan fingerprint density at radius 2 is 1.86 bits per heavy atom. The second kappa shape index (κ2) is 9.11. The van der Waals surface area contributed by atoms with Gasteiger partial charge in [-0.1, -0.05) is 32.9 Å². The van der Waals surface area contributed by atoms with Crippen LogP contribution in [0.25, 0.3) is 21.9 Å².